The fourth-order valence-corrected chi connectivity index (χ4v) is 1.68. The van der Waals surface area contributed by atoms with Gasteiger partial charge in [0.2, 0.25) is 0 Å². The zero-order chi connectivity index (χ0) is 13.7. The van der Waals surface area contributed by atoms with Crippen LogP contribution >= 0.6 is 0 Å². The van der Waals surface area contributed by atoms with Crippen molar-refractivity contribution in [2.75, 3.05) is 19.4 Å². The molecule has 0 unspecified atom stereocenters. The van der Waals surface area contributed by atoms with Crippen LogP contribution in [0.25, 0.3) is 0 Å². The summed E-state index contributed by atoms with van der Waals surface area (Å²) in [7, 11) is 4.04. The van der Waals surface area contributed by atoms with E-state index < -0.39 is 0 Å². The van der Waals surface area contributed by atoms with Gasteiger partial charge in [-0.05, 0) is 37.9 Å². The molecule has 19 heavy (non-hydrogen) atoms. The maximum Gasteiger partial charge on any atom is 0.274 e. The second-order valence-electron chi connectivity index (χ2n) is 4.48. The van der Waals surface area contributed by atoms with Crippen LogP contribution in [0.4, 0.5) is 5.69 Å². The van der Waals surface area contributed by atoms with Gasteiger partial charge in [0.1, 0.15) is 12.0 Å². The highest BCUT2D eigenvalue weighted by molar-refractivity contribution is 6.02. The first-order valence-corrected chi connectivity index (χ1v) is 5.96. The fourth-order valence-electron chi connectivity index (χ4n) is 1.68. The van der Waals surface area contributed by atoms with Crippen LogP contribution in [-0.2, 0) is 6.54 Å². The van der Waals surface area contributed by atoms with E-state index in [1.807, 2.05) is 38.4 Å². The maximum atomic E-state index is 11.9. The number of nitrogens with zero attached hydrogens (tertiary/aromatic N) is 3. The van der Waals surface area contributed by atoms with E-state index in [4.69, 9.17) is 0 Å². The van der Waals surface area contributed by atoms with E-state index in [9.17, 15) is 4.79 Å². The molecule has 1 aromatic heterocycles. The van der Waals surface area contributed by atoms with Gasteiger partial charge in [-0.3, -0.25) is 4.79 Å². The van der Waals surface area contributed by atoms with Crippen molar-refractivity contribution >= 4 is 11.6 Å². The zero-order valence-electron chi connectivity index (χ0n) is 11.0. The third-order valence-electron chi connectivity index (χ3n) is 2.53. The number of hydrogen-bond donors (Lipinski definition) is 1. The largest absolute Gasteiger partial charge is 0.321 e. The molecule has 0 aliphatic heterocycles. The summed E-state index contributed by atoms with van der Waals surface area (Å²) in [5, 5.41) is 2.80. The minimum atomic E-state index is -0.234. The van der Waals surface area contributed by atoms with Gasteiger partial charge in [0.25, 0.3) is 5.91 Å². The topological polar surface area (TPSA) is 58.1 Å². The van der Waals surface area contributed by atoms with Crippen LogP contribution < -0.4 is 5.32 Å². The Kier molecular flexibility index (Phi) is 4.20. The lowest BCUT2D eigenvalue weighted by atomic mass is 10.2. The van der Waals surface area contributed by atoms with Crippen LogP contribution in [0.1, 0.15) is 16.1 Å². The van der Waals surface area contributed by atoms with Crippen molar-refractivity contribution in [2.45, 2.75) is 6.54 Å². The highest BCUT2D eigenvalue weighted by Crippen LogP contribution is 2.11. The summed E-state index contributed by atoms with van der Waals surface area (Å²) >= 11 is 0. The molecule has 98 valence electrons. The summed E-state index contributed by atoms with van der Waals surface area (Å²) < 4.78 is 0. The molecule has 5 heteroatoms. The predicted molar refractivity (Wildman–Crippen MR) is 73.8 cm³/mol. The molecule has 2 rings (SSSR count). The molecule has 0 aliphatic rings. The van der Waals surface area contributed by atoms with Crippen molar-refractivity contribution < 1.29 is 4.79 Å². The molecule has 0 radical (unpaired) electrons. The standard InChI is InChI=1S/C14H16N4O/c1-18(2)9-11-3-5-12(6-4-11)17-14(19)13-7-8-15-10-16-13/h3-8,10H,9H2,1-2H3,(H,17,19). The molecule has 1 N–H and O–H groups in total. The number of carbonyl (C=O) groups excluding carboxylic acids is 1. The first kappa shape index (κ1) is 13.2. The number of hydrogen-bond acceptors (Lipinski definition) is 4. The van der Waals surface area contributed by atoms with E-state index in [1.54, 1.807) is 12.3 Å². The third kappa shape index (κ3) is 3.86. The molecule has 0 bridgehead atoms. The van der Waals surface area contributed by atoms with Crippen LogP contribution in [0.2, 0.25) is 0 Å². The SMILES string of the molecule is CN(C)Cc1ccc(NC(=O)c2ccncn2)cc1. The molecule has 0 aliphatic carbocycles. The number of amides is 1. The quantitative estimate of drug-likeness (QED) is 0.906. The number of anilines is 1. The van der Waals surface area contributed by atoms with E-state index >= 15 is 0 Å². The lowest BCUT2D eigenvalue weighted by molar-refractivity contribution is 0.102. The van der Waals surface area contributed by atoms with Crippen LogP contribution in [0.3, 0.4) is 0 Å². The molecule has 0 fully saturated rings. The highest BCUT2D eigenvalue weighted by atomic mass is 16.1. The molecule has 1 amide bonds. The monoisotopic (exact) mass is 256 g/mol. The van der Waals surface area contributed by atoms with Gasteiger partial charge in [0, 0.05) is 18.4 Å². The summed E-state index contributed by atoms with van der Waals surface area (Å²) in [5.74, 6) is -0.234. The Hall–Kier alpha value is -2.27. The number of aromatic nitrogens is 2. The Morgan fingerprint density at radius 1 is 1.21 bits per heavy atom. The molecule has 0 saturated carbocycles. The van der Waals surface area contributed by atoms with Crippen LogP contribution in [0, 0.1) is 0 Å². The molecule has 1 aromatic carbocycles. The minimum Gasteiger partial charge on any atom is -0.321 e. The van der Waals surface area contributed by atoms with E-state index in [-0.39, 0.29) is 5.91 Å². The lowest BCUT2D eigenvalue weighted by Gasteiger charge is -2.10. The molecular weight excluding hydrogens is 240 g/mol. The highest BCUT2D eigenvalue weighted by Gasteiger charge is 2.06. The molecule has 0 spiro atoms. The maximum absolute atomic E-state index is 11.9. The van der Waals surface area contributed by atoms with Gasteiger partial charge in [-0.15, -0.1) is 0 Å². The fraction of sp³-hybridized carbons (Fsp3) is 0.214. The van der Waals surface area contributed by atoms with Gasteiger partial charge in [-0.25, -0.2) is 9.97 Å². The molecular formula is C14H16N4O. The van der Waals surface area contributed by atoms with Crippen molar-refractivity contribution in [3.8, 4) is 0 Å². The van der Waals surface area contributed by atoms with E-state index in [1.165, 1.54) is 11.9 Å². The summed E-state index contributed by atoms with van der Waals surface area (Å²) in [5.41, 5.74) is 2.31. The normalized spacial score (nSPS) is 10.5. The van der Waals surface area contributed by atoms with Crippen molar-refractivity contribution in [3.05, 3.63) is 54.1 Å². The Labute approximate surface area is 112 Å². The van der Waals surface area contributed by atoms with E-state index in [0.29, 0.717) is 5.69 Å². The first-order chi connectivity index (χ1) is 9.15. The zero-order valence-corrected chi connectivity index (χ0v) is 11.0. The van der Waals surface area contributed by atoms with Crippen LogP contribution in [-0.4, -0.2) is 34.9 Å². The average molecular weight is 256 g/mol. The van der Waals surface area contributed by atoms with E-state index in [2.05, 4.69) is 20.2 Å². The predicted octanol–water partition coefficient (Wildman–Crippen LogP) is 1.79. The van der Waals surface area contributed by atoms with Crippen LogP contribution in [0.5, 0.6) is 0 Å². The Bertz CT molecular complexity index is 537. The smallest absolute Gasteiger partial charge is 0.274 e. The second-order valence-corrected chi connectivity index (χ2v) is 4.48. The van der Waals surface area contributed by atoms with Gasteiger partial charge < -0.3 is 10.2 Å². The Morgan fingerprint density at radius 2 is 1.95 bits per heavy atom. The van der Waals surface area contributed by atoms with Gasteiger partial charge in [-0.2, -0.15) is 0 Å². The third-order valence-corrected chi connectivity index (χ3v) is 2.53. The molecule has 2 aromatic rings. The van der Waals surface area contributed by atoms with Gasteiger partial charge >= 0.3 is 0 Å². The van der Waals surface area contributed by atoms with Gasteiger partial charge in [0.05, 0.1) is 0 Å². The number of rotatable bonds is 4. The van der Waals surface area contributed by atoms with Crippen molar-refractivity contribution in [3.63, 3.8) is 0 Å². The number of nitrogens with one attached hydrogen (secondary N) is 1. The average Bonchev–Trinajstić information content (AvgIpc) is 2.41. The van der Waals surface area contributed by atoms with Gasteiger partial charge in [0.15, 0.2) is 0 Å². The molecule has 0 atom stereocenters. The lowest BCUT2D eigenvalue weighted by Crippen LogP contribution is -2.14. The number of benzene rings is 1. The van der Waals surface area contributed by atoms with E-state index in [0.717, 1.165) is 12.2 Å². The second kappa shape index (κ2) is 6.06. The summed E-state index contributed by atoms with van der Waals surface area (Å²) in [4.78, 5) is 21.6. The first-order valence-electron chi connectivity index (χ1n) is 5.96. The van der Waals surface area contributed by atoms with Crippen molar-refractivity contribution in [1.82, 2.24) is 14.9 Å². The molecule has 0 saturated heterocycles. The molecule has 5 nitrogen and oxygen atoms in total. The van der Waals surface area contributed by atoms with Crippen molar-refractivity contribution in [2.24, 2.45) is 0 Å². The van der Waals surface area contributed by atoms with Crippen LogP contribution in [0.15, 0.2) is 42.9 Å². The van der Waals surface area contributed by atoms with Gasteiger partial charge in [-0.1, -0.05) is 12.1 Å². The minimum absolute atomic E-state index is 0.234. The summed E-state index contributed by atoms with van der Waals surface area (Å²) in [6, 6.07) is 9.34. The number of carbonyl (C=O) groups is 1. The molecule has 1 heterocycles. The van der Waals surface area contributed by atoms with Crippen molar-refractivity contribution in [1.29, 1.82) is 0 Å². The Balaban J connectivity index is 2.02. The summed E-state index contributed by atoms with van der Waals surface area (Å²) in [6.45, 7) is 0.875. The Morgan fingerprint density at radius 3 is 2.53 bits per heavy atom. The summed E-state index contributed by atoms with van der Waals surface area (Å²) in [6.07, 6.45) is 2.90.